The van der Waals surface area contributed by atoms with Gasteiger partial charge in [-0.1, -0.05) is 17.7 Å². The average Bonchev–Trinajstić information content (AvgIpc) is 2.78. The van der Waals surface area contributed by atoms with Gasteiger partial charge in [-0.15, -0.1) is 0 Å². The molecule has 1 aromatic heterocycles. The molecule has 1 aromatic rings. The number of rotatable bonds is 1. The summed E-state index contributed by atoms with van der Waals surface area (Å²) in [6, 6.07) is 4.65. The quantitative estimate of drug-likeness (QED) is 0.660. The predicted octanol–water partition coefficient (Wildman–Crippen LogP) is 2.50. The van der Waals surface area contributed by atoms with E-state index in [0.717, 1.165) is 5.92 Å². The molecule has 3 heterocycles. The van der Waals surface area contributed by atoms with Crippen LogP contribution in [0.3, 0.4) is 0 Å². The summed E-state index contributed by atoms with van der Waals surface area (Å²) in [5.74, 6) is 0.859. The molecule has 1 atom stereocenters. The highest BCUT2D eigenvalue weighted by molar-refractivity contribution is 6.29. The van der Waals surface area contributed by atoms with Crippen LogP contribution in [0, 0.1) is 5.92 Å². The van der Waals surface area contributed by atoms with E-state index >= 15 is 0 Å². The highest BCUT2D eigenvalue weighted by Crippen LogP contribution is 2.44. The van der Waals surface area contributed by atoms with Crippen LogP contribution in [0.15, 0.2) is 18.3 Å². The Balaban J connectivity index is 1.92. The van der Waals surface area contributed by atoms with Crippen LogP contribution in [0.5, 0.6) is 0 Å². The normalized spacial score (nSPS) is 35.1. The van der Waals surface area contributed by atoms with Gasteiger partial charge in [0.25, 0.3) is 0 Å². The molecule has 14 heavy (non-hydrogen) atoms. The van der Waals surface area contributed by atoms with Gasteiger partial charge in [0.15, 0.2) is 0 Å². The second-order valence-corrected chi connectivity index (χ2v) is 4.62. The van der Waals surface area contributed by atoms with Crippen LogP contribution in [0.2, 0.25) is 5.15 Å². The summed E-state index contributed by atoms with van der Waals surface area (Å²) >= 11 is 5.78. The van der Waals surface area contributed by atoms with Crippen LogP contribution in [0.25, 0.3) is 0 Å². The number of hydrogen-bond donors (Lipinski definition) is 0. The number of aromatic nitrogens is 1. The smallest absolute Gasteiger partial charge is 0.129 e. The van der Waals surface area contributed by atoms with E-state index in [1.54, 1.807) is 0 Å². The van der Waals surface area contributed by atoms with E-state index in [2.05, 4.69) is 16.0 Å². The van der Waals surface area contributed by atoms with Gasteiger partial charge in [0.05, 0.1) is 0 Å². The van der Waals surface area contributed by atoms with Crippen molar-refractivity contribution in [2.75, 3.05) is 13.1 Å². The minimum atomic E-state index is 0.592. The number of halogens is 1. The molecule has 0 aromatic carbocycles. The molecule has 2 saturated heterocycles. The minimum Gasteiger partial charge on any atom is -0.296 e. The Bertz CT molecular complexity index is 316. The van der Waals surface area contributed by atoms with E-state index in [-0.39, 0.29) is 0 Å². The van der Waals surface area contributed by atoms with E-state index in [9.17, 15) is 0 Å². The van der Waals surface area contributed by atoms with Gasteiger partial charge in [-0.05, 0) is 43.5 Å². The highest BCUT2D eigenvalue weighted by atomic mass is 35.5. The van der Waals surface area contributed by atoms with Crippen molar-refractivity contribution in [3.05, 3.63) is 29.0 Å². The summed E-state index contributed by atoms with van der Waals surface area (Å²) in [5, 5.41) is 0.592. The van der Waals surface area contributed by atoms with Crippen molar-refractivity contribution in [3.8, 4) is 0 Å². The monoisotopic (exact) mass is 208 g/mol. The van der Waals surface area contributed by atoms with Crippen molar-refractivity contribution in [3.63, 3.8) is 0 Å². The average molecular weight is 209 g/mol. The number of hydrogen-bond acceptors (Lipinski definition) is 2. The van der Waals surface area contributed by atoms with Crippen LogP contribution in [0.4, 0.5) is 0 Å². The second-order valence-electron chi connectivity index (χ2n) is 4.23. The topological polar surface area (TPSA) is 16.1 Å². The van der Waals surface area contributed by atoms with Crippen molar-refractivity contribution in [2.45, 2.75) is 18.9 Å². The van der Waals surface area contributed by atoms with Crippen LogP contribution in [0.1, 0.15) is 24.4 Å². The molecule has 2 bridgehead atoms. The molecule has 74 valence electrons. The summed E-state index contributed by atoms with van der Waals surface area (Å²) < 4.78 is 0. The number of fused-ring (bicyclic) bond motifs is 2. The van der Waals surface area contributed by atoms with E-state index in [0.29, 0.717) is 11.2 Å². The van der Waals surface area contributed by atoms with Crippen molar-refractivity contribution in [2.24, 2.45) is 5.92 Å². The summed E-state index contributed by atoms with van der Waals surface area (Å²) in [6.45, 7) is 2.52. The number of piperidine rings is 1. The zero-order chi connectivity index (χ0) is 9.54. The molecule has 1 unspecified atom stereocenters. The molecule has 2 aliphatic heterocycles. The molecule has 0 saturated carbocycles. The fraction of sp³-hybridized carbons (Fsp3) is 0.545. The summed E-state index contributed by atoms with van der Waals surface area (Å²) in [7, 11) is 0. The zero-order valence-electron chi connectivity index (χ0n) is 7.99. The standard InChI is InChI=1S/C11H13ClN2/c12-10-2-1-9(7-13-10)11-8-3-5-14(11)6-4-8/h1-2,7-8,11H,3-6H2. The Morgan fingerprint density at radius 3 is 2.57 bits per heavy atom. The highest BCUT2D eigenvalue weighted by Gasteiger charge is 2.40. The lowest BCUT2D eigenvalue weighted by Crippen LogP contribution is -2.19. The molecule has 2 nitrogen and oxygen atoms in total. The first-order valence-corrected chi connectivity index (χ1v) is 5.58. The molecule has 0 aliphatic carbocycles. The summed E-state index contributed by atoms with van der Waals surface area (Å²) in [5.41, 5.74) is 1.34. The molecule has 2 fully saturated rings. The van der Waals surface area contributed by atoms with Crippen molar-refractivity contribution in [1.82, 2.24) is 9.88 Å². The Morgan fingerprint density at radius 2 is 2.07 bits per heavy atom. The van der Waals surface area contributed by atoms with E-state index in [1.807, 2.05) is 12.3 Å². The minimum absolute atomic E-state index is 0.592. The van der Waals surface area contributed by atoms with Crippen molar-refractivity contribution >= 4 is 11.6 Å². The molecule has 2 aliphatic rings. The SMILES string of the molecule is Clc1ccc(C2C3CCN2CC3)cn1. The lowest BCUT2D eigenvalue weighted by molar-refractivity contribution is 0.304. The van der Waals surface area contributed by atoms with Gasteiger partial charge in [-0.25, -0.2) is 4.98 Å². The maximum Gasteiger partial charge on any atom is 0.129 e. The molecule has 0 radical (unpaired) electrons. The Labute approximate surface area is 88.9 Å². The second kappa shape index (κ2) is 3.21. The van der Waals surface area contributed by atoms with E-state index < -0.39 is 0 Å². The number of nitrogens with zero attached hydrogens (tertiary/aromatic N) is 2. The first-order chi connectivity index (χ1) is 6.84. The fourth-order valence-electron chi connectivity index (χ4n) is 2.86. The third-order valence-corrected chi connectivity index (χ3v) is 3.73. The molecule has 3 heteroatoms. The van der Waals surface area contributed by atoms with Gasteiger partial charge in [0, 0.05) is 12.2 Å². The summed E-state index contributed by atoms with van der Waals surface area (Å²) in [6.07, 6.45) is 4.64. The van der Waals surface area contributed by atoms with Crippen molar-refractivity contribution < 1.29 is 0 Å². The van der Waals surface area contributed by atoms with Crippen LogP contribution < -0.4 is 0 Å². The maximum absolute atomic E-state index is 5.78. The van der Waals surface area contributed by atoms with Gasteiger partial charge >= 0.3 is 0 Å². The van der Waals surface area contributed by atoms with E-state index in [4.69, 9.17) is 11.6 Å². The fourth-order valence-corrected chi connectivity index (χ4v) is 2.97. The van der Waals surface area contributed by atoms with Gasteiger partial charge in [0.1, 0.15) is 5.15 Å². The van der Waals surface area contributed by atoms with Gasteiger partial charge in [0.2, 0.25) is 0 Å². The molecular weight excluding hydrogens is 196 g/mol. The number of pyridine rings is 1. The largest absolute Gasteiger partial charge is 0.296 e. The zero-order valence-corrected chi connectivity index (χ0v) is 8.74. The van der Waals surface area contributed by atoms with Gasteiger partial charge in [-0.2, -0.15) is 0 Å². The van der Waals surface area contributed by atoms with E-state index in [1.165, 1.54) is 31.5 Å². The van der Waals surface area contributed by atoms with Crippen molar-refractivity contribution in [1.29, 1.82) is 0 Å². The Morgan fingerprint density at radius 1 is 1.29 bits per heavy atom. The molecule has 0 amide bonds. The summed E-state index contributed by atoms with van der Waals surface area (Å²) in [4.78, 5) is 6.72. The third-order valence-electron chi connectivity index (χ3n) is 3.51. The molecule has 0 spiro atoms. The Hall–Kier alpha value is -0.600. The van der Waals surface area contributed by atoms with Gasteiger partial charge in [-0.3, -0.25) is 4.90 Å². The van der Waals surface area contributed by atoms with Crippen LogP contribution in [-0.2, 0) is 0 Å². The Kier molecular flexibility index (Phi) is 1.99. The molecule has 0 N–H and O–H groups in total. The first kappa shape index (κ1) is 8.69. The maximum atomic E-state index is 5.78. The first-order valence-electron chi connectivity index (χ1n) is 5.20. The molecular formula is C11H13ClN2. The predicted molar refractivity (Wildman–Crippen MR) is 56.3 cm³/mol. The third kappa shape index (κ3) is 1.25. The lowest BCUT2D eigenvalue weighted by Gasteiger charge is -2.18. The molecule has 3 rings (SSSR count). The van der Waals surface area contributed by atoms with Crippen LogP contribution >= 0.6 is 11.6 Å². The van der Waals surface area contributed by atoms with Crippen LogP contribution in [-0.4, -0.2) is 23.0 Å². The van der Waals surface area contributed by atoms with Gasteiger partial charge < -0.3 is 0 Å². The lowest BCUT2D eigenvalue weighted by atomic mass is 9.95.